The van der Waals surface area contributed by atoms with Gasteiger partial charge in [-0.15, -0.1) is 0 Å². The molecule has 10 heteroatoms. The first-order chi connectivity index (χ1) is 12.7. The Morgan fingerprint density at radius 2 is 2.11 bits per heavy atom. The number of rotatable bonds is 4. The number of sulfonamides is 1. The molecule has 1 aliphatic heterocycles. The number of benzene rings is 1. The number of nitrogens with zero attached hydrogens (tertiary/aromatic N) is 1. The minimum Gasteiger partial charge on any atom is -0.504 e. The molecule has 2 atom stereocenters. The number of hydrogen-bond acceptors (Lipinski definition) is 4. The van der Waals surface area contributed by atoms with E-state index in [1.165, 1.54) is 12.1 Å². The van der Waals surface area contributed by atoms with Gasteiger partial charge in [-0.25, -0.2) is 17.6 Å². The van der Waals surface area contributed by atoms with Crippen LogP contribution in [0.3, 0.4) is 0 Å². The summed E-state index contributed by atoms with van der Waals surface area (Å²) in [6, 6.07) is 1.91. The Bertz CT molecular complexity index is 890. The van der Waals surface area contributed by atoms with Crippen molar-refractivity contribution in [2.75, 3.05) is 18.4 Å². The van der Waals surface area contributed by atoms with Gasteiger partial charge >= 0.3 is 6.03 Å². The minimum absolute atomic E-state index is 0.00467. The molecule has 0 radical (unpaired) electrons. The third-order valence-electron chi connectivity index (χ3n) is 4.80. The Kier molecular flexibility index (Phi) is 5.64. The van der Waals surface area contributed by atoms with E-state index in [9.17, 15) is 22.7 Å². The van der Waals surface area contributed by atoms with Gasteiger partial charge < -0.3 is 15.7 Å². The van der Waals surface area contributed by atoms with E-state index in [1.54, 1.807) is 0 Å². The van der Waals surface area contributed by atoms with Gasteiger partial charge in [0.25, 0.3) is 0 Å². The van der Waals surface area contributed by atoms with Crippen LogP contribution in [0.25, 0.3) is 0 Å². The number of allylic oxidation sites excluding steroid dienone is 1. The number of phenols is 1. The number of alkyl halides is 1. The van der Waals surface area contributed by atoms with Gasteiger partial charge in [0.15, 0.2) is 5.75 Å². The Labute approximate surface area is 162 Å². The first-order valence-corrected chi connectivity index (χ1v) is 10.4. The van der Waals surface area contributed by atoms with Crippen LogP contribution in [0.15, 0.2) is 28.7 Å². The second kappa shape index (κ2) is 7.65. The van der Waals surface area contributed by atoms with E-state index in [0.717, 1.165) is 22.7 Å². The molecule has 0 spiro atoms. The van der Waals surface area contributed by atoms with Gasteiger partial charge in [-0.1, -0.05) is 23.3 Å². The second-order valence-corrected chi connectivity index (χ2v) is 8.98. The summed E-state index contributed by atoms with van der Waals surface area (Å²) in [6.07, 6.45) is 2.52. The van der Waals surface area contributed by atoms with Crippen molar-refractivity contribution in [2.24, 2.45) is 0 Å². The van der Waals surface area contributed by atoms with Crippen molar-refractivity contribution in [2.45, 2.75) is 43.3 Å². The van der Waals surface area contributed by atoms with Gasteiger partial charge in [-0.2, -0.15) is 4.31 Å². The zero-order valence-electron chi connectivity index (χ0n) is 14.7. The Balaban J connectivity index is 1.83. The maximum absolute atomic E-state index is 13.4. The molecule has 1 heterocycles. The van der Waals surface area contributed by atoms with Gasteiger partial charge in [0, 0.05) is 13.1 Å². The maximum atomic E-state index is 13.4. The summed E-state index contributed by atoms with van der Waals surface area (Å²) >= 11 is 6.00. The largest absolute Gasteiger partial charge is 0.504 e. The van der Waals surface area contributed by atoms with Gasteiger partial charge in [0.1, 0.15) is 11.1 Å². The average molecular weight is 418 g/mol. The third kappa shape index (κ3) is 4.04. The molecule has 2 aliphatic rings. The van der Waals surface area contributed by atoms with Crippen LogP contribution >= 0.6 is 11.6 Å². The number of nitrogens with one attached hydrogen (secondary N) is 2. The molecule has 1 saturated heterocycles. The molecule has 1 aliphatic carbocycles. The van der Waals surface area contributed by atoms with Crippen molar-refractivity contribution < 1.29 is 22.7 Å². The summed E-state index contributed by atoms with van der Waals surface area (Å²) in [5.41, 5.74) is 0.953. The number of hydrogen-bond donors (Lipinski definition) is 3. The molecule has 0 aromatic heterocycles. The van der Waals surface area contributed by atoms with E-state index in [0.29, 0.717) is 0 Å². The van der Waals surface area contributed by atoms with Crippen LogP contribution < -0.4 is 10.6 Å². The lowest BCUT2D eigenvalue weighted by Gasteiger charge is -2.20. The number of anilines is 1. The Hall–Kier alpha value is -1.84. The fourth-order valence-corrected chi connectivity index (χ4v) is 5.35. The van der Waals surface area contributed by atoms with Gasteiger partial charge in [-0.3, -0.25) is 0 Å². The zero-order chi connectivity index (χ0) is 19.8. The summed E-state index contributed by atoms with van der Waals surface area (Å²) in [7, 11) is -4.19. The topological polar surface area (TPSA) is 98.7 Å². The fraction of sp³-hybridized carbons (Fsp3) is 0.471. The number of aromatic hydroxyl groups is 1. The van der Waals surface area contributed by atoms with E-state index in [-0.39, 0.29) is 36.3 Å². The lowest BCUT2D eigenvalue weighted by atomic mass is 10.2. The SMILES string of the molecule is CC1=CCC[C@H]1NC(=O)Nc1ccc(Cl)c(S(=O)(=O)N2CC[C@@H](F)C2)c1O. The fourth-order valence-electron chi connectivity index (χ4n) is 3.28. The minimum atomic E-state index is -4.19. The molecular weight excluding hydrogens is 397 g/mol. The van der Waals surface area contributed by atoms with E-state index >= 15 is 0 Å². The second-order valence-electron chi connectivity index (χ2n) is 6.70. The zero-order valence-corrected chi connectivity index (χ0v) is 16.3. The smallest absolute Gasteiger partial charge is 0.319 e. The van der Waals surface area contributed by atoms with E-state index in [4.69, 9.17) is 11.6 Å². The molecule has 1 aromatic rings. The highest BCUT2D eigenvalue weighted by Gasteiger charge is 2.36. The summed E-state index contributed by atoms with van der Waals surface area (Å²) in [6.45, 7) is 1.63. The molecule has 2 amide bonds. The van der Waals surface area contributed by atoms with E-state index in [2.05, 4.69) is 10.6 Å². The lowest BCUT2D eigenvalue weighted by Crippen LogP contribution is -2.37. The molecule has 1 aromatic carbocycles. The van der Waals surface area contributed by atoms with Gasteiger partial charge in [-0.05, 0) is 38.3 Å². The molecule has 0 saturated carbocycles. The number of halogens is 2. The molecule has 1 fully saturated rings. The van der Waals surface area contributed by atoms with Crippen molar-refractivity contribution in [1.29, 1.82) is 0 Å². The summed E-state index contributed by atoms with van der Waals surface area (Å²) in [4.78, 5) is 11.7. The van der Waals surface area contributed by atoms with Crippen molar-refractivity contribution in [1.82, 2.24) is 9.62 Å². The quantitative estimate of drug-likeness (QED) is 0.518. The number of carbonyl (C=O) groups excluding carboxylic acids is 1. The number of phenolic OH excluding ortho intramolecular Hbond substituents is 1. The van der Waals surface area contributed by atoms with Crippen LogP contribution in [-0.4, -0.2) is 49.2 Å². The number of amides is 2. The monoisotopic (exact) mass is 417 g/mol. The molecule has 3 N–H and O–H groups in total. The van der Waals surface area contributed by atoms with Crippen molar-refractivity contribution in [3.8, 4) is 5.75 Å². The summed E-state index contributed by atoms with van der Waals surface area (Å²) in [5, 5.41) is 15.5. The average Bonchev–Trinajstić information content (AvgIpc) is 3.19. The van der Waals surface area contributed by atoms with E-state index < -0.39 is 32.9 Å². The van der Waals surface area contributed by atoms with Crippen LogP contribution in [0.4, 0.5) is 14.9 Å². The predicted molar refractivity (Wildman–Crippen MR) is 100 cm³/mol. The van der Waals surface area contributed by atoms with Crippen LogP contribution in [0.2, 0.25) is 5.02 Å². The van der Waals surface area contributed by atoms with Crippen molar-refractivity contribution in [3.05, 3.63) is 28.8 Å². The van der Waals surface area contributed by atoms with Crippen LogP contribution in [0.1, 0.15) is 26.2 Å². The van der Waals surface area contributed by atoms with Crippen LogP contribution in [-0.2, 0) is 10.0 Å². The third-order valence-corrected chi connectivity index (χ3v) is 7.17. The molecule has 7 nitrogen and oxygen atoms in total. The highest BCUT2D eigenvalue weighted by atomic mass is 35.5. The number of carbonyl (C=O) groups is 1. The molecule has 0 unspecified atom stereocenters. The molecule has 27 heavy (non-hydrogen) atoms. The molecule has 3 rings (SSSR count). The Morgan fingerprint density at radius 1 is 1.37 bits per heavy atom. The van der Waals surface area contributed by atoms with Crippen molar-refractivity contribution in [3.63, 3.8) is 0 Å². The van der Waals surface area contributed by atoms with E-state index in [1.807, 2.05) is 13.0 Å². The normalized spacial score (nSPS) is 23.3. The highest BCUT2D eigenvalue weighted by Crippen LogP contribution is 2.39. The van der Waals surface area contributed by atoms with Crippen LogP contribution in [0.5, 0.6) is 5.75 Å². The first-order valence-electron chi connectivity index (χ1n) is 8.60. The standard InChI is InChI=1S/C17H21ClFN3O4S/c1-10-3-2-4-13(10)20-17(24)21-14-6-5-12(18)16(15(14)23)27(25,26)22-8-7-11(19)9-22/h3,5-6,11,13,23H,2,4,7-9H2,1H3,(H2,20,21,24)/t11-,13-/m1/s1. The van der Waals surface area contributed by atoms with Gasteiger partial charge in [0.2, 0.25) is 10.0 Å². The predicted octanol–water partition coefficient (Wildman–Crippen LogP) is 3.01. The molecule has 148 valence electrons. The summed E-state index contributed by atoms with van der Waals surface area (Å²) < 4.78 is 39.9. The maximum Gasteiger partial charge on any atom is 0.319 e. The van der Waals surface area contributed by atoms with Crippen molar-refractivity contribution >= 4 is 33.3 Å². The highest BCUT2D eigenvalue weighted by molar-refractivity contribution is 7.89. The van der Waals surface area contributed by atoms with Gasteiger partial charge in [0.05, 0.1) is 16.8 Å². The summed E-state index contributed by atoms with van der Waals surface area (Å²) in [5.74, 6) is -0.668. The lowest BCUT2D eigenvalue weighted by molar-refractivity contribution is 0.249. The van der Waals surface area contributed by atoms with Crippen LogP contribution in [0, 0.1) is 0 Å². The number of urea groups is 1. The molecule has 0 bridgehead atoms. The Morgan fingerprint density at radius 3 is 2.70 bits per heavy atom. The molecular formula is C17H21ClFN3O4S. The first kappa shape index (κ1) is 19.9.